The van der Waals surface area contributed by atoms with E-state index in [-0.39, 0.29) is 17.6 Å². The molecule has 1 aromatic heterocycles. The number of aryl methyl sites for hydroxylation is 1. The fourth-order valence-corrected chi connectivity index (χ4v) is 3.26. The van der Waals surface area contributed by atoms with Crippen molar-refractivity contribution in [2.45, 2.75) is 31.3 Å². The van der Waals surface area contributed by atoms with E-state index in [1.165, 1.54) is 17.3 Å². The van der Waals surface area contributed by atoms with Crippen molar-refractivity contribution in [3.05, 3.63) is 65.7 Å². The zero-order valence-electron chi connectivity index (χ0n) is 16.0. The van der Waals surface area contributed by atoms with Crippen molar-refractivity contribution in [3.63, 3.8) is 0 Å². The Morgan fingerprint density at radius 3 is 2.52 bits per heavy atom. The number of benzene rings is 2. The van der Waals surface area contributed by atoms with Crippen LogP contribution < -0.4 is 10.9 Å². The van der Waals surface area contributed by atoms with E-state index in [9.17, 15) is 9.59 Å². The van der Waals surface area contributed by atoms with Gasteiger partial charge in [-0.15, -0.1) is 5.10 Å². The minimum atomic E-state index is -0.378. The van der Waals surface area contributed by atoms with Gasteiger partial charge in [0.25, 0.3) is 5.91 Å². The van der Waals surface area contributed by atoms with E-state index in [2.05, 4.69) is 45.4 Å². The standard InChI is InChI=1S/C20H22N6O2S/c1-2-3-7-15-10-12-17(13-11-15)26-20(23-24-25-26)29-14-18(27)21-22-19(28)16-8-5-4-6-9-16/h4-6,8-13H,2-3,7,14H2,1H3,(H,21,27)(H,22,28). The van der Waals surface area contributed by atoms with E-state index in [0.717, 1.165) is 24.9 Å². The van der Waals surface area contributed by atoms with Crippen LogP contribution in [0.15, 0.2) is 59.8 Å². The summed E-state index contributed by atoms with van der Waals surface area (Å²) in [7, 11) is 0. The van der Waals surface area contributed by atoms with Crippen molar-refractivity contribution in [1.82, 2.24) is 31.1 Å². The highest BCUT2D eigenvalue weighted by molar-refractivity contribution is 7.99. The number of tetrazole rings is 1. The monoisotopic (exact) mass is 410 g/mol. The number of amides is 2. The molecule has 0 aliphatic rings. The largest absolute Gasteiger partial charge is 0.272 e. The molecule has 0 saturated carbocycles. The lowest BCUT2D eigenvalue weighted by Gasteiger charge is -2.08. The summed E-state index contributed by atoms with van der Waals surface area (Å²) in [6.07, 6.45) is 3.35. The number of carbonyl (C=O) groups is 2. The molecule has 3 rings (SSSR count). The first-order chi connectivity index (χ1) is 14.2. The molecule has 0 spiro atoms. The van der Waals surface area contributed by atoms with Crippen molar-refractivity contribution in [2.75, 3.05) is 5.75 Å². The van der Waals surface area contributed by atoms with Crippen LogP contribution in [0.5, 0.6) is 0 Å². The number of nitrogens with one attached hydrogen (secondary N) is 2. The molecule has 3 aromatic rings. The Hall–Kier alpha value is -3.20. The second-order valence-electron chi connectivity index (χ2n) is 6.30. The smallest absolute Gasteiger partial charge is 0.269 e. The van der Waals surface area contributed by atoms with Crippen molar-refractivity contribution >= 4 is 23.6 Å². The van der Waals surface area contributed by atoms with Crippen molar-refractivity contribution in [1.29, 1.82) is 0 Å². The van der Waals surface area contributed by atoms with Gasteiger partial charge >= 0.3 is 0 Å². The number of thioether (sulfide) groups is 1. The van der Waals surface area contributed by atoms with Crippen LogP contribution in [0.25, 0.3) is 5.69 Å². The molecule has 150 valence electrons. The van der Waals surface area contributed by atoms with E-state index in [1.807, 2.05) is 18.2 Å². The number of nitrogens with zero attached hydrogens (tertiary/aromatic N) is 4. The molecule has 9 heteroatoms. The van der Waals surface area contributed by atoms with E-state index in [1.54, 1.807) is 28.9 Å². The van der Waals surface area contributed by atoms with E-state index >= 15 is 0 Å². The number of rotatable bonds is 8. The van der Waals surface area contributed by atoms with E-state index < -0.39 is 0 Å². The van der Waals surface area contributed by atoms with Crippen LogP contribution in [0.3, 0.4) is 0 Å². The Labute approximate surface area is 173 Å². The van der Waals surface area contributed by atoms with Crippen LogP contribution in [-0.2, 0) is 11.2 Å². The first-order valence-electron chi connectivity index (χ1n) is 9.32. The Morgan fingerprint density at radius 1 is 1.03 bits per heavy atom. The number of hydrogen-bond acceptors (Lipinski definition) is 6. The number of hydrazine groups is 1. The van der Waals surface area contributed by atoms with Gasteiger partial charge in [0.1, 0.15) is 0 Å². The quantitative estimate of drug-likeness (QED) is 0.437. The summed E-state index contributed by atoms with van der Waals surface area (Å²) in [5, 5.41) is 12.2. The second kappa shape index (κ2) is 10.4. The first-order valence-corrected chi connectivity index (χ1v) is 10.3. The van der Waals surface area contributed by atoms with Gasteiger partial charge < -0.3 is 0 Å². The first kappa shape index (κ1) is 20.5. The summed E-state index contributed by atoms with van der Waals surface area (Å²) >= 11 is 1.19. The molecule has 0 aliphatic carbocycles. The van der Waals surface area contributed by atoms with Crippen LogP contribution >= 0.6 is 11.8 Å². The molecule has 2 amide bonds. The molecule has 8 nitrogen and oxygen atoms in total. The topological polar surface area (TPSA) is 102 Å². The summed E-state index contributed by atoms with van der Waals surface area (Å²) in [6.45, 7) is 2.17. The third-order valence-electron chi connectivity index (χ3n) is 4.12. The Morgan fingerprint density at radius 2 is 1.79 bits per heavy atom. The molecule has 1 heterocycles. The average Bonchev–Trinajstić information content (AvgIpc) is 3.24. The second-order valence-corrected chi connectivity index (χ2v) is 7.24. The number of unbranched alkanes of at least 4 members (excludes halogenated alkanes) is 1. The highest BCUT2D eigenvalue weighted by Gasteiger charge is 2.12. The maximum absolute atomic E-state index is 12.0. The molecule has 29 heavy (non-hydrogen) atoms. The maximum Gasteiger partial charge on any atom is 0.269 e. The normalized spacial score (nSPS) is 10.5. The minimum Gasteiger partial charge on any atom is -0.272 e. The third-order valence-corrected chi connectivity index (χ3v) is 5.04. The van der Waals surface area contributed by atoms with Gasteiger partial charge in [0.05, 0.1) is 11.4 Å². The predicted octanol–water partition coefficient (Wildman–Crippen LogP) is 2.56. The number of aromatic nitrogens is 4. The molecule has 0 radical (unpaired) electrons. The van der Waals surface area contributed by atoms with Crippen LogP contribution in [0.2, 0.25) is 0 Å². The summed E-state index contributed by atoms with van der Waals surface area (Å²) in [5.74, 6) is -0.676. The highest BCUT2D eigenvalue weighted by Crippen LogP contribution is 2.18. The molecule has 0 unspecified atom stereocenters. The molecule has 0 saturated heterocycles. The highest BCUT2D eigenvalue weighted by atomic mass is 32.2. The van der Waals surface area contributed by atoms with Gasteiger partial charge in [0.2, 0.25) is 11.1 Å². The molecule has 2 aromatic carbocycles. The average molecular weight is 411 g/mol. The van der Waals surface area contributed by atoms with Crippen LogP contribution in [0, 0.1) is 0 Å². The zero-order chi connectivity index (χ0) is 20.5. The number of hydrogen-bond donors (Lipinski definition) is 2. The Balaban J connectivity index is 1.52. The van der Waals surface area contributed by atoms with Gasteiger partial charge in [-0.25, -0.2) is 0 Å². The SMILES string of the molecule is CCCCc1ccc(-n2nnnc2SCC(=O)NNC(=O)c2ccccc2)cc1. The predicted molar refractivity (Wildman–Crippen MR) is 111 cm³/mol. The summed E-state index contributed by atoms with van der Waals surface area (Å²) in [5.41, 5.74) is 7.34. The summed E-state index contributed by atoms with van der Waals surface area (Å²) in [4.78, 5) is 24.0. The maximum atomic E-state index is 12.0. The fourth-order valence-electron chi connectivity index (χ4n) is 2.57. The molecular formula is C20H22N6O2S. The van der Waals surface area contributed by atoms with Crippen LogP contribution in [-0.4, -0.2) is 37.8 Å². The van der Waals surface area contributed by atoms with Crippen LogP contribution in [0.1, 0.15) is 35.7 Å². The lowest BCUT2D eigenvalue weighted by molar-refractivity contribution is -0.119. The molecule has 0 aliphatic heterocycles. The Kier molecular flexibility index (Phi) is 7.34. The molecule has 0 atom stereocenters. The summed E-state index contributed by atoms with van der Waals surface area (Å²) < 4.78 is 1.59. The molecule has 0 fully saturated rings. The molecular weight excluding hydrogens is 388 g/mol. The van der Waals surface area contributed by atoms with Gasteiger partial charge in [0.15, 0.2) is 0 Å². The summed E-state index contributed by atoms with van der Waals surface area (Å²) in [6, 6.07) is 16.7. The van der Waals surface area contributed by atoms with Gasteiger partial charge in [-0.3, -0.25) is 20.4 Å². The van der Waals surface area contributed by atoms with Gasteiger partial charge in [-0.2, -0.15) is 4.68 Å². The zero-order valence-corrected chi connectivity index (χ0v) is 16.9. The third kappa shape index (κ3) is 5.89. The van der Waals surface area contributed by atoms with Gasteiger partial charge in [-0.05, 0) is 53.1 Å². The van der Waals surface area contributed by atoms with Crippen LogP contribution in [0.4, 0.5) is 0 Å². The van der Waals surface area contributed by atoms with E-state index in [4.69, 9.17) is 0 Å². The van der Waals surface area contributed by atoms with Crippen molar-refractivity contribution in [2.24, 2.45) is 0 Å². The van der Waals surface area contributed by atoms with Crippen molar-refractivity contribution < 1.29 is 9.59 Å². The van der Waals surface area contributed by atoms with Crippen molar-refractivity contribution in [3.8, 4) is 5.69 Å². The lowest BCUT2D eigenvalue weighted by atomic mass is 10.1. The van der Waals surface area contributed by atoms with Gasteiger partial charge in [-0.1, -0.05) is 55.4 Å². The lowest BCUT2D eigenvalue weighted by Crippen LogP contribution is -2.42. The molecule has 2 N–H and O–H groups in total. The Bertz CT molecular complexity index is 943. The number of carbonyl (C=O) groups excluding carboxylic acids is 2. The fraction of sp³-hybridized carbons (Fsp3) is 0.250. The minimum absolute atomic E-state index is 0.0596. The van der Waals surface area contributed by atoms with E-state index in [0.29, 0.717) is 10.7 Å². The van der Waals surface area contributed by atoms with Gasteiger partial charge in [0, 0.05) is 5.56 Å². The molecule has 0 bridgehead atoms.